The first-order valence-electron chi connectivity index (χ1n) is 9.79. The zero-order valence-corrected chi connectivity index (χ0v) is 17.3. The van der Waals surface area contributed by atoms with E-state index in [0.29, 0.717) is 27.3 Å². The van der Waals surface area contributed by atoms with Crippen LogP contribution in [0.1, 0.15) is 0 Å². The molecule has 0 radical (unpaired) electrons. The van der Waals surface area contributed by atoms with Gasteiger partial charge < -0.3 is 0 Å². The number of aromatic nitrogens is 3. The highest BCUT2D eigenvalue weighted by molar-refractivity contribution is 6.30. The van der Waals surface area contributed by atoms with E-state index in [1.54, 1.807) is 72.9 Å². The third kappa shape index (κ3) is 3.40. The lowest BCUT2D eigenvalue weighted by molar-refractivity contribution is 0.627. The van der Waals surface area contributed by atoms with Gasteiger partial charge in [-0.15, -0.1) is 0 Å². The molecule has 0 saturated heterocycles. The molecule has 2 heterocycles. The van der Waals surface area contributed by atoms with E-state index in [1.807, 2.05) is 0 Å². The quantitative estimate of drug-likeness (QED) is 0.394. The molecule has 0 atom stereocenters. The van der Waals surface area contributed by atoms with E-state index in [9.17, 15) is 9.59 Å². The van der Waals surface area contributed by atoms with Gasteiger partial charge in [-0.3, -0.25) is 18.7 Å². The molecule has 0 saturated carbocycles. The molecular weight excluding hydrogens is 429 g/mol. The Balaban J connectivity index is 1.79. The van der Waals surface area contributed by atoms with Gasteiger partial charge in [0, 0.05) is 17.3 Å². The Bertz CT molecular complexity index is 1610. The van der Waals surface area contributed by atoms with Crippen LogP contribution in [0.25, 0.3) is 33.7 Å². The number of hydrogen-bond donors (Lipinski definition) is 0. The molecule has 32 heavy (non-hydrogen) atoms. The van der Waals surface area contributed by atoms with Crippen LogP contribution in [0.5, 0.6) is 0 Å². The second-order valence-corrected chi connectivity index (χ2v) is 7.58. The normalized spacial score (nSPS) is 11.1. The number of hydrogen-bond acceptors (Lipinski definition) is 3. The topological polar surface area (TPSA) is 56.9 Å². The minimum atomic E-state index is -0.615. The fourth-order valence-corrected chi connectivity index (χ4v) is 3.83. The Morgan fingerprint density at radius 3 is 2.41 bits per heavy atom. The number of fused-ring (bicyclic) bond motifs is 1. The molecule has 3 aromatic carbocycles. The van der Waals surface area contributed by atoms with Crippen LogP contribution in [-0.4, -0.2) is 14.1 Å². The summed E-state index contributed by atoms with van der Waals surface area (Å²) in [5.41, 5.74) is 0.803. The summed E-state index contributed by atoms with van der Waals surface area (Å²) in [6.07, 6.45) is 1.56. The smallest absolute Gasteiger partial charge is 0.266 e. The lowest BCUT2D eigenvalue weighted by Crippen LogP contribution is -2.22. The average molecular weight is 444 g/mol. The van der Waals surface area contributed by atoms with Gasteiger partial charge in [0.05, 0.1) is 27.8 Å². The molecular formula is C25H15ClFN3O2. The van der Waals surface area contributed by atoms with Crippen LogP contribution in [-0.2, 0) is 0 Å². The first-order valence-corrected chi connectivity index (χ1v) is 10.2. The molecule has 2 aromatic heterocycles. The lowest BCUT2D eigenvalue weighted by atomic mass is 10.1. The zero-order chi connectivity index (χ0) is 22.2. The standard InChI is InChI=1S/C25H15ClFN3O2/c26-16-6-5-7-18(14-16)30-24(28-22-9-2-1-8-20(22)25(30)32)19-12-11-17(15-21(19)27)29-13-4-3-10-23(29)31/h1-15H. The Hall–Kier alpha value is -4.03. The van der Waals surface area contributed by atoms with Crippen molar-refractivity contribution < 1.29 is 4.39 Å². The number of para-hydroxylation sites is 1. The van der Waals surface area contributed by atoms with Crippen LogP contribution in [0.2, 0.25) is 5.02 Å². The SMILES string of the molecule is O=c1ccccn1-c1ccc(-c2nc3ccccc3c(=O)n2-c2cccc(Cl)c2)c(F)c1. The van der Waals surface area contributed by atoms with E-state index in [1.165, 1.54) is 27.3 Å². The summed E-state index contributed by atoms with van der Waals surface area (Å²) >= 11 is 6.16. The molecule has 0 aliphatic rings. The predicted octanol–water partition coefficient (Wildman–Crippen LogP) is 5.00. The third-order valence-corrected chi connectivity index (χ3v) is 5.37. The van der Waals surface area contributed by atoms with Gasteiger partial charge in [0.2, 0.25) is 0 Å². The summed E-state index contributed by atoms with van der Waals surface area (Å²) in [5.74, 6) is -0.475. The van der Waals surface area contributed by atoms with Crippen molar-refractivity contribution in [2.45, 2.75) is 0 Å². The van der Waals surface area contributed by atoms with Gasteiger partial charge in [-0.25, -0.2) is 9.37 Å². The van der Waals surface area contributed by atoms with E-state index < -0.39 is 5.82 Å². The predicted molar refractivity (Wildman–Crippen MR) is 123 cm³/mol. The monoisotopic (exact) mass is 443 g/mol. The zero-order valence-electron chi connectivity index (χ0n) is 16.6. The second-order valence-electron chi connectivity index (χ2n) is 7.15. The number of nitrogens with zero attached hydrogens (tertiary/aromatic N) is 3. The molecule has 0 amide bonds. The number of pyridine rings is 1. The minimum absolute atomic E-state index is 0.126. The van der Waals surface area contributed by atoms with Crippen molar-refractivity contribution in [3.8, 4) is 22.8 Å². The fraction of sp³-hybridized carbons (Fsp3) is 0. The largest absolute Gasteiger partial charge is 0.284 e. The number of halogens is 2. The molecule has 5 nitrogen and oxygen atoms in total. The molecule has 0 aliphatic carbocycles. The average Bonchev–Trinajstić information content (AvgIpc) is 2.79. The molecule has 0 fully saturated rings. The van der Waals surface area contributed by atoms with Gasteiger partial charge in [-0.1, -0.05) is 35.9 Å². The van der Waals surface area contributed by atoms with Crippen LogP contribution in [0.15, 0.2) is 101 Å². The Morgan fingerprint density at radius 1 is 0.812 bits per heavy atom. The minimum Gasteiger partial charge on any atom is -0.284 e. The molecule has 0 aliphatic heterocycles. The third-order valence-electron chi connectivity index (χ3n) is 5.14. The van der Waals surface area contributed by atoms with Crippen molar-refractivity contribution in [1.29, 1.82) is 0 Å². The van der Waals surface area contributed by atoms with Crippen molar-refractivity contribution in [3.63, 3.8) is 0 Å². The second kappa shape index (κ2) is 7.90. The summed E-state index contributed by atoms with van der Waals surface area (Å²) in [7, 11) is 0. The van der Waals surface area contributed by atoms with Crippen molar-refractivity contribution in [3.05, 3.63) is 123 Å². The van der Waals surface area contributed by atoms with Gasteiger partial charge in [-0.05, 0) is 54.6 Å². The summed E-state index contributed by atoms with van der Waals surface area (Å²) in [6, 6.07) is 22.7. The number of rotatable bonds is 3. The van der Waals surface area contributed by atoms with E-state index in [0.717, 1.165) is 0 Å². The molecule has 5 rings (SSSR count). The Kier molecular flexibility index (Phi) is 4.92. The van der Waals surface area contributed by atoms with E-state index in [2.05, 4.69) is 4.98 Å². The summed E-state index contributed by atoms with van der Waals surface area (Å²) in [4.78, 5) is 30.1. The fourth-order valence-electron chi connectivity index (χ4n) is 3.64. The molecule has 7 heteroatoms. The molecule has 0 bridgehead atoms. The van der Waals surface area contributed by atoms with Crippen molar-refractivity contribution in [2.24, 2.45) is 0 Å². The van der Waals surface area contributed by atoms with Gasteiger partial charge >= 0.3 is 0 Å². The highest BCUT2D eigenvalue weighted by Crippen LogP contribution is 2.27. The molecule has 0 unspecified atom stereocenters. The van der Waals surface area contributed by atoms with E-state index in [-0.39, 0.29) is 22.5 Å². The summed E-state index contributed by atoms with van der Waals surface area (Å²) in [5, 5.41) is 0.844. The molecule has 156 valence electrons. The summed E-state index contributed by atoms with van der Waals surface area (Å²) in [6.45, 7) is 0. The van der Waals surface area contributed by atoms with Gasteiger partial charge in [0.1, 0.15) is 5.82 Å². The van der Waals surface area contributed by atoms with Crippen molar-refractivity contribution >= 4 is 22.5 Å². The maximum atomic E-state index is 15.4. The van der Waals surface area contributed by atoms with Crippen LogP contribution in [0.3, 0.4) is 0 Å². The number of benzene rings is 3. The van der Waals surface area contributed by atoms with Crippen LogP contribution < -0.4 is 11.1 Å². The first-order chi connectivity index (χ1) is 15.5. The van der Waals surface area contributed by atoms with E-state index in [4.69, 9.17) is 11.6 Å². The van der Waals surface area contributed by atoms with Gasteiger partial charge in [-0.2, -0.15) is 0 Å². The first kappa shape index (κ1) is 19.9. The maximum Gasteiger partial charge on any atom is 0.266 e. The van der Waals surface area contributed by atoms with E-state index >= 15 is 4.39 Å². The lowest BCUT2D eigenvalue weighted by Gasteiger charge is -2.15. The Morgan fingerprint density at radius 2 is 1.62 bits per heavy atom. The van der Waals surface area contributed by atoms with Crippen LogP contribution >= 0.6 is 11.6 Å². The van der Waals surface area contributed by atoms with Crippen LogP contribution in [0.4, 0.5) is 4.39 Å². The highest BCUT2D eigenvalue weighted by Gasteiger charge is 2.18. The molecule has 5 aromatic rings. The highest BCUT2D eigenvalue weighted by atomic mass is 35.5. The molecule has 0 N–H and O–H groups in total. The van der Waals surface area contributed by atoms with Crippen molar-refractivity contribution in [2.75, 3.05) is 0 Å². The molecule has 0 spiro atoms. The maximum absolute atomic E-state index is 15.4. The van der Waals surface area contributed by atoms with Crippen LogP contribution in [0, 0.1) is 5.82 Å². The summed E-state index contributed by atoms with van der Waals surface area (Å²) < 4.78 is 18.0. The van der Waals surface area contributed by atoms with Crippen molar-refractivity contribution in [1.82, 2.24) is 14.1 Å². The Labute approximate surface area is 186 Å². The van der Waals surface area contributed by atoms with Gasteiger partial charge in [0.15, 0.2) is 5.82 Å². The van der Waals surface area contributed by atoms with Gasteiger partial charge in [0.25, 0.3) is 11.1 Å².